The van der Waals surface area contributed by atoms with E-state index in [0.717, 1.165) is 77.2 Å². The van der Waals surface area contributed by atoms with Crippen molar-refractivity contribution in [3.8, 4) is 45.8 Å². The number of para-hydroxylation sites is 3. The lowest BCUT2D eigenvalue weighted by Gasteiger charge is -2.19. The number of hydrogen-bond acceptors (Lipinski definition) is 2. The second kappa shape index (κ2) is 11.4. The molecule has 0 unspecified atom stereocenters. The molecule has 0 saturated heterocycles. The predicted octanol–water partition coefficient (Wildman–Crippen LogP) is 11.5. The molecule has 0 aliphatic rings. The van der Waals surface area contributed by atoms with Crippen LogP contribution in [-0.4, -0.2) is 9.13 Å². The van der Waals surface area contributed by atoms with Gasteiger partial charge in [0.15, 0.2) is 5.69 Å². The van der Waals surface area contributed by atoms with Crippen molar-refractivity contribution < 1.29 is 0 Å². The summed E-state index contributed by atoms with van der Waals surface area (Å²) in [5.74, 6) is 0. The van der Waals surface area contributed by atoms with Gasteiger partial charge in [0, 0.05) is 38.2 Å². The zero-order valence-corrected chi connectivity index (χ0v) is 26.7. The van der Waals surface area contributed by atoms with Gasteiger partial charge in [-0.15, -0.1) is 0 Å². The van der Waals surface area contributed by atoms with Crippen LogP contribution < -0.4 is 0 Å². The van der Waals surface area contributed by atoms with Gasteiger partial charge in [-0.2, -0.15) is 10.5 Å². The highest BCUT2D eigenvalue weighted by molar-refractivity contribution is 6.11. The quantitative estimate of drug-likeness (QED) is 0.181. The second-order valence-electron chi connectivity index (χ2n) is 12.2. The highest BCUT2D eigenvalue weighted by Gasteiger charge is 2.21. The summed E-state index contributed by atoms with van der Waals surface area (Å²) < 4.78 is 4.39. The van der Waals surface area contributed by atoms with E-state index in [1.54, 1.807) is 0 Å². The van der Waals surface area contributed by atoms with Gasteiger partial charge in [0.25, 0.3) is 0 Å². The Morgan fingerprint density at radius 1 is 0.440 bits per heavy atom. The van der Waals surface area contributed by atoms with Crippen LogP contribution in [0.3, 0.4) is 0 Å². The Balaban J connectivity index is 1.30. The molecule has 0 radical (unpaired) electrons. The molecule has 9 aromatic rings. The van der Waals surface area contributed by atoms with Crippen LogP contribution in [0.2, 0.25) is 0 Å². The lowest BCUT2D eigenvalue weighted by atomic mass is 9.90. The first-order valence-electron chi connectivity index (χ1n) is 16.3. The molecule has 50 heavy (non-hydrogen) atoms. The van der Waals surface area contributed by atoms with E-state index in [2.05, 4.69) is 74.6 Å². The molecule has 2 aromatic heterocycles. The minimum atomic E-state index is 0.548. The van der Waals surface area contributed by atoms with Gasteiger partial charge in [0.1, 0.15) is 6.07 Å². The molecule has 7 aromatic carbocycles. The molecular formula is C45H25N5. The SMILES string of the molecule is [C-]#[N+]c1ccc2c3ccccc3n(-c3cccc(-c4ccccc4-c4ccccc4-n4c5ccccc5c5cc(C#N)ccc54)c3C#N)c2c1. The van der Waals surface area contributed by atoms with E-state index >= 15 is 0 Å². The number of aromatic nitrogens is 2. The predicted molar refractivity (Wildman–Crippen MR) is 202 cm³/mol. The number of rotatable bonds is 4. The Bertz CT molecular complexity index is 2970. The molecule has 0 spiro atoms. The summed E-state index contributed by atoms with van der Waals surface area (Å²) in [6.07, 6.45) is 0. The van der Waals surface area contributed by atoms with E-state index < -0.39 is 0 Å². The maximum absolute atomic E-state index is 10.9. The highest BCUT2D eigenvalue weighted by atomic mass is 15.0. The molecule has 9 rings (SSSR count). The fourth-order valence-electron chi connectivity index (χ4n) is 7.51. The van der Waals surface area contributed by atoms with Crippen LogP contribution in [0.15, 0.2) is 152 Å². The van der Waals surface area contributed by atoms with Crippen molar-refractivity contribution in [2.45, 2.75) is 0 Å². The summed E-state index contributed by atoms with van der Waals surface area (Å²) in [6, 6.07) is 55.6. The molecule has 5 heteroatoms. The van der Waals surface area contributed by atoms with Crippen LogP contribution in [0.1, 0.15) is 11.1 Å². The summed E-state index contributed by atoms with van der Waals surface area (Å²) in [5.41, 5.74) is 11.2. The van der Waals surface area contributed by atoms with Crippen molar-refractivity contribution in [1.82, 2.24) is 9.13 Å². The smallest absolute Gasteiger partial charge is 0.189 e. The summed E-state index contributed by atoms with van der Waals surface area (Å²) in [7, 11) is 0. The van der Waals surface area contributed by atoms with Gasteiger partial charge in [-0.1, -0.05) is 103 Å². The van der Waals surface area contributed by atoms with Gasteiger partial charge in [0.05, 0.1) is 51.7 Å². The van der Waals surface area contributed by atoms with Gasteiger partial charge in [-0.3, -0.25) is 0 Å². The van der Waals surface area contributed by atoms with Gasteiger partial charge >= 0.3 is 0 Å². The van der Waals surface area contributed by atoms with Crippen LogP contribution in [0.25, 0.3) is 82.1 Å². The third-order valence-electron chi connectivity index (χ3n) is 9.64. The second-order valence-corrected chi connectivity index (χ2v) is 12.2. The van der Waals surface area contributed by atoms with Crippen molar-refractivity contribution in [2.24, 2.45) is 0 Å². The topological polar surface area (TPSA) is 61.8 Å². The van der Waals surface area contributed by atoms with Crippen LogP contribution >= 0.6 is 0 Å². The molecule has 0 atom stereocenters. The van der Waals surface area contributed by atoms with Crippen molar-refractivity contribution in [1.29, 1.82) is 10.5 Å². The van der Waals surface area contributed by atoms with E-state index in [-0.39, 0.29) is 0 Å². The summed E-state index contributed by atoms with van der Waals surface area (Å²) in [6.45, 7) is 7.68. The lowest BCUT2D eigenvalue weighted by molar-refractivity contribution is 1.17. The molecule has 0 bridgehead atoms. The summed E-state index contributed by atoms with van der Waals surface area (Å²) in [4.78, 5) is 3.71. The molecule has 0 fully saturated rings. The van der Waals surface area contributed by atoms with Crippen molar-refractivity contribution in [3.63, 3.8) is 0 Å². The highest BCUT2D eigenvalue weighted by Crippen LogP contribution is 2.42. The lowest BCUT2D eigenvalue weighted by Crippen LogP contribution is -2.01. The standard InChI is InChI=1S/C45H25N5/c1-48-30-22-23-37-35-14-5-8-18-41(35)50(45(37)26-30)43-20-10-16-33(39(43)28-47)31-11-2-3-12-32(31)34-13-4-7-17-40(34)49-42-19-9-6-15-36(42)38-25-29(27-46)21-24-44(38)49/h2-26H. The molecule has 0 aliphatic carbocycles. The molecular weight excluding hydrogens is 611 g/mol. The van der Waals surface area contributed by atoms with Crippen molar-refractivity contribution in [2.75, 3.05) is 0 Å². The normalized spacial score (nSPS) is 11.1. The van der Waals surface area contributed by atoms with E-state index in [1.165, 1.54) is 0 Å². The van der Waals surface area contributed by atoms with Crippen molar-refractivity contribution >= 4 is 49.3 Å². The maximum Gasteiger partial charge on any atom is 0.189 e. The van der Waals surface area contributed by atoms with Gasteiger partial charge in [0.2, 0.25) is 0 Å². The molecule has 0 N–H and O–H groups in total. The molecule has 2 heterocycles. The Morgan fingerprint density at radius 2 is 1.00 bits per heavy atom. The minimum Gasteiger partial charge on any atom is -0.309 e. The van der Waals surface area contributed by atoms with Gasteiger partial charge in [-0.05, 0) is 59.7 Å². The number of benzene rings is 7. The van der Waals surface area contributed by atoms with Crippen LogP contribution in [-0.2, 0) is 0 Å². The van der Waals surface area contributed by atoms with Crippen LogP contribution in [0.4, 0.5) is 5.69 Å². The van der Waals surface area contributed by atoms with E-state index in [1.807, 2.05) is 103 Å². The molecule has 0 saturated carbocycles. The Hall–Kier alpha value is -7.39. The van der Waals surface area contributed by atoms with Crippen LogP contribution in [0.5, 0.6) is 0 Å². The van der Waals surface area contributed by atoms with E-state index in [0.29, 0.717) is 16.8 Å². The van der Waals surface area contributed by atoms with Gasteiger partial charge < -0.3 is 9.13 Å². The zero-order chi connectivity index (χ0) is 33.8. The third kappa shape index (κ3) is 4.24. The fourth-order valence-corrected chi connectivity index (χ4v) is 7.51. The number of nitriles is 2. The largest absolute Gasteiger partial charge is 0.309 e. The monoisotopic (exact) mass is 635 g/mol. The average Bonchev–Trinajstić information content (AvgIpc) is 3.69. The molecule has 230 valence electrons. The average molecular weight is 636 g/mol. The Morgan fingerprint density at radius 3 is 1.72 bits per heavy atom. The number of hydrogen-bond donors (Lipinski definition) is 0. The fraction of sp³-hybridized carbons (Fsp3) is 0. The minimum absolute atomic E-state index is 0.548. The Labute approximate surface area is 288 Å². The first-order valence-corrected chi connectivity index (χ1v) is 16.3. The first kappa shape index (κ1) is 28.8. The molecule has 5 nitrogen and oxygen atoms in total. The van der Waals surface area contributed by atoms with Gasteiger partial charge in [-0.25, -0.2) is 4.85 Å². The zero-order valence-electron chi connectivity index (χ0n) is 26.7. The van der Waals surface area contributed by atoms with Crippen molar-refractivity contribution in [3.05, 3.63) is 174 Å². The molecule has 0 aliphatic heterocycles. The Kier molecular flexibility index (Phi) is 6.56. The first-order chi connectivity index (χ1) is 24.7. The van der Waals surface area contributed by atoms with E-state index in [9.17, 15) is 10.5 Å². The van der Waals surface area contributed by atoms with E-state index in [4.69, 9.17) is 6.57 Å². The summed E-state index contributed by atoms with van der Waals surface area (Å²) in [5, 5.41) is 24.8. The van der Waals surface area contributed by atoms with Crippen LogP contribution in [0, 0.1) is 29.2 Å². The number of nitrogens with zero attached hydrogens (tertiary/aromatic N) is 5. The number of fused-ring (bicyclic) bond motifs is 6. The summed E-state index contributed by atoms with van der Waals surface area (Å²) >= 11 is 0. The maximum atomic E-state index is 10.9. The molecule has 0 amide bonds. The third-order valence-corrected chi connectivity index (χ3v) is 9.64.